The average Bonchev–Trinajstić information content (AvgIpc) is 3.53. The van der Waals surface area contributed by atoms with Gasteiger partial charge in [-0.25, -0.2) is 4.98 Å². The minimum absolute atomic E-state index is 0.190. The molecule has 3 aromatic carbocycles. The van der Waals surface area contributed by atoms with Crippen LogP contribution >= 0.6 is 18.7 Å². The van der Waals surface area contributed by atoms with Crippen molar-refractivity contribution in [2.75, 3.05) is 55.6 Å². The molecular formula is C42H46ClN8O5P. The number of carbonyl (C=O) groups excluding carboxylic acids is 3. The highest BCUT2D eigenvalue weighted by molar-refractivity contribution is 7.70. The number of amides is 3. The molecule has 13 nitrogen and oxygen atoms in total. The van der Waals surface area contributed by atoms with Gasteiger partial charge in [0.15, 0.2) is 5.82 Å². The number of piperidine rings is 2. The molecule has 0 spiro atoms. The summed E-state index contributed by atoms with van der Waals surface area (Å²) in [6, 6.07) is 18.8. The van der Waals surface area contributed by atoms with Crippen molar-refractivity contribution in [3.8, 4) is 17.6 Å². The Bertz CT molecular complexity index is 2300. The van der Waals surface area contributed by atoms with E-state index in [0.717, 1.165) is 55.7 Å². The lowest BCUT2D eigenvalue weighted by atomic mass is 10.0. The second-order valence-corrected chi connectivity index (χ2v) is 18.3. The molecule has 1 aromatic heterocycles. The summed E-state index contributed by atoms with van der Waals surface area (Å²) in [4.78, 5) is 50.0. The Balaban J connectivity index is 0.880. The van der Waals surface area contributed by atoms with Crippen LogP contribution in [0.5, 0.6) is 5.75 Å². The number of imide groups is 1. The van der Waals surface area contributed by atoms with Crippen LogP contribution in [0, 0.1) is 11.8 Å². The number of anilines is 5. The number of fused-ring (bicyclic) bond motifs is 1. The Labute approximate surface area is 337 Å². The number of hydrogen-bond donors (Lipinski definition) is 4. The van der Waals surface area contributed by atoms with Gasteiger partial charge in [0.25, 0.3) is 5.91 Å². The van der Waals surface area contributed by atoms with Gasteiger partial charge < -0.3 is 35.1 Å². The number of ether oxygens (including phenoxy) is 1. The Morgan fingerprint density at radius 2 is 1.81 bits per heavy atom. The quantitative estimate of drug-likeness (QED) is 0.0574. The number of halogens is 1. The van der Waals surface area contributed by atoms with Crippen LogP contribution < -0.4 is 36.2 Å². The number of methoxy groups -OCH3 is 1. The highest BCUT2D eigenvalue weighted by Gasteiger charge is 2.39. The van der Waals surface area contributed by atoms with E-state index in [9.17, 15) is 18.9 Å². The molecule has 3 aliphatic rings. The Hall–Kier alpha value is -5.41. The van der Waals surface area contributed by atoms with Crippen molar-refractivity contribution in [2.24, 2.45) is 0 Å². The normalized spacial score (nSPS) is 17.1. The minimum atomic E-state index is -2.55. The van der Waals surface area contributed by atoms with Crippen molar-refractivity contribution in [3.63, 3.8) is 0 Å². The predicted molar refractivity (Wildman–Crippen MR) is 224 cm³/mol. The van der Waals surface area contributed by atoms with Crippen LogP contribution in [-0.4, -0.2) is 84.7 Å². The lowest BCUT2D eigenvalue weighted by Gasteiger charge is -2.34. The molecule has 0 saturated carbocycles. The van der Waals surface area contributed by atoms with Crippen LogP contribution in [0.1, 0.15) is 60.0 Å². The third kappa shape index (κ3) is 9.26. The highest BCUT2D eigenvalue weighted by atomic mass is 35.5. The molecule has 0 radical (unpaired) electrons. The number of hydrogen-bond acceptors (Lipinski definition) is 11. The zero-order valence-electron chi connectivity index (χ0n) is 32.2. The van der Waals surface area contributed by atoms with E-state index in [4.69, 9.17) is 16.3 Å². The molecule has 15 heteroatoms. The lowest BCUT2D eigenvalue weighted by molar-refractivity contribution is -0.136. The molecule has 3 amide bonds. The highest BCUT2D eigenvalue weighted by Crippen LogP contribution is 2.39. The summed E-state index contributed by atoms with van der Waals surface area (Å²) in [7, 11) is -0.913. The number of benzene rings is 3. The van der Waals surface area contributed by atoms with Crippen molar-refractivity contribution in [1.82, 2.24) is 25.5 Å². The van der Waals surface area contributed by atoms with E-state index >= 15 is 0 Å². The number of para-hydroxylation sites is 1. The molecule has 296 valence electrons. The summed E-state index contributed by atoms with van der Waals surface area (Å²) in [5, 5.41) is 13.6. The second kappa shape index (κ2) is 17.4. The molecule has 7 rings (SSSR count). The topological polar surface area (TPSA) is 158 Å². The predicted octanol–water partition coefficient (Wildman–Crippen LogP) is 6.03. The maximum atomic E-state index is 13.1. The first-order valence-corrected chi connectivity index (χ1v) is 22.1. The van der Waals surface area contributed by atoms with Crippen LogP contribution in [0.25, 0.3) is 0 Å². The summed E-state index contributed by atoms with van der Waals surface area (Å²) >= 11 is 6.46. The monoisotopic (exact) mass is 808 g/mol. The first-order chi connectivity index (χ1) is 27.5. The molecule has 4 aromatic rings. The van der Waals surface area contributed by atoms with Crippen LogP contribution in [0.3, 0.4) is 0 Å². The first kappa shape index (κ1) is 39.8. The molecule has 0 bridgehead atoms. The molecule has 1 atom stereocenters. The van der Waals surface area contributed by atoms with E-state index in [1.807, 2.05) is 48.5 Å². The van der Waals surface area contributed by atoms with Gasteiger partial charge in [0.2, 0.25) is 17.8 Å². The van der Waals surface area contributed by atoms with Crippen LogP contribution in [0.2, 0.25) is 5.02 Å². The lowest BCUT2D eigenvalue weighted by Crippen LogP contribution is -2.52. The summed E-state index contributed by atoms with van der Waals surface area (Å²) in [5.74, 6) is 7.02. The van der Waals surface area contributed by atoms with E-state index in [1.165, 1.54) is 6.20 Å². The first-order valence-electron chi connectivity index (χ1n) is 19.1. The number of carbonyl (C=O) groups is 3. The maximum Gasteiger partial charge on any atom is 0.255 e. The van der Waals surface area contributed by atoms with Crippen molar-refractivity contribution in [3.05, 3.63) is 88.6 Å². The van der Waals surface area contributed by atoms with Gasteiger partial charge in [-0.3, -0.25) is 19.7 Å². The molecule has 0 aliphatic carbocycles. The van der Waals surface area contributed by atoms with E-state index in [-0.39, 0.29) is 18.2 Å². The fourth-order valence-corrected chi connectivity index (χ4v) is 8.77. The number of aromatic nitrogens is 2. The largest absolute Gasteiger partial charge is 0.494 e. The zero-order valence-corrected chi connectivity index (χ0v) is 33.9. The van der Waals surface area contributed by atoms with Gasteiger partial charge in [-0.2, -0.15) is 4.98 Å². The van der Waals surface area contributed by atoms with Gasteiger partial charge in [0, 0.05) is 66.7 Å². The number of nitrogens with zero attached hydrogens (tertiary/aromatic N) is 4. The summed E-state index contributed by atoms with van der Waals surface area (Å²) in [6.07, 6.45) is 5.71. The Morgan fingerprint density at radius 1 is 1.00 bits per heavy atom. The molecule has 4 heterocycles. The molecule has 3 aliphatic heterocycles. The Kier molecular flexibility index (Phi) is 12.1. The van der Waals surface area contributed by atoms with Crippen molar-refractivity contribution in [1.29, 1.82) is 0 Å². The smallest absolute Gasteiger partial charge is 0.255 e. The van der Waals surface area contributed by atoms with E-state index in [2.05, 4.69) is 54.0 Å². The van der Waals surface area contributed by atoms with Gasteiger partial charge in [-0.1, -0.05) is 41.6 Å². The zero-order chi connectivity index (χ0) is 40.1. The van der Waals surface area contributed by atoms with Crippen LogP contribution in [0.4, 0.5) is 28.8 Å². The van der Waals surface area contributed by atoms with E-state index in [1.54, 1.807) is 31.4 Å². The van der Waals surface area contributed by atoms with Gasteiger partial charge >= 0.3 is 0 Å². The number of unbranched alkanes of at least 4 members (excludes halogenated alkanes) is 1. The van der Waals surface area contributed by atoms with Crippen molar-refractivity contribution >= 4 is 70.6 Å². The Morgan fingerprint density at radius 3 is 2.58 bits per heavy atom. The fraction of sp³-hybridized carbons (Fsp3) is 0.357. The van der Waals surface area contributed by atoms with Crippen molar-refractivity contribution in [2.45, 2.75) is 57.2 Å². The van der Waals surface area contributed by atoms with E-state index in [0.29, 0.717) is 70.2 Å². The van der Waals surface area contributed by atoms with Crippen LogP contribution in [0.15, 0.2) is 66.9 Å². The molecule has 1 unspecified atom stereocenters. The summed E-state index contributed by atoms with van der Waals surface area (Å²) in [6.45, 7) is 6.44. The molecule has 2 saturated heterocycles. The average molecular weight is 809 g/mol. The molecule has 4 N–H and O–H groups in total. The van der Waals surface area contributed by atoms with Gasteiger partial charge in [0.1, 0.15) is 24.0 Å². The number of nitrogens with one attached hydrogen (secondary N) is 4. The molecule has 57 heavy (non-hydrogen) atoms. The third-order valence-corrected chi connectivity index (χ3v) is 12.3. The standard InChI is InChI=1S/C42H46ClN8O5P/c1-56-36-24-29(15-16-33(36)47-42-45-25-32(43)39(49-42)46-34-13-6-7-14-37(34)57(2,3)55)50-22-19-28(20-23-50)44-21-8-4-5-10-27-11-9-12-30-31(27)26-51(41(30)54)35-17-18-38(52)48-40(35)53/h6-7,9,11-16,24-25,28,35,44H,4,8,17-23,26H2,1-3H3,(H,48,52,53)(H2,45,46,47,49). The SMILES string of the molecule is COc1cc(N2CCC(NCCCC#Cc3cccc4c3CN(C3CCC(=O)NC3=O)C4=O)CC2)ccc1Nc1ncc(Cl)c(Nc2ccccc2P(C)(C)=O)n1. The second-order valence-electron chi connectivity index (χ2n) is 14.7. The number of rotatable bonds is 12. The van der Waals surface area contributed by atoms with Gasteiger partial charge in [0.05, 0.1) is 24.7 Å². The minimum Gasteiger partial charge on any atom is -0.494 e. The third-order valence-electron chi connectivity index (χ3n) is 10.5. The van der Waals surface area contributed by atoms with Gasteiger partial charge in [-0.15, -0.1) is 0 Å². The van der Waals surface area contributed by atoms with Crippen LogP contribution in [-0.2, 0) is 20.7 Å². The summed E-state index contributed by atoms with van der Waals surface area (Å²) in [5.41, 5.74) is 4.68. The van der Waals surface area contributed by atoms with Crippen molar-refractivity contribution < 1.29 is 23.7 Å². The molecule has 2 fully saturated rings. The summed E-state index contributed by atoms with van der Waals surface area (Å²) < 4.78 is 18.6. The fourth-order valence-electron chi connectivity index (χ4n) is 7.48. The maximum absolute atomic E-state index is 13.1. The van der Waals surface area contributed by atoms with Gasteiger partial charge in [-0.05, 0) is 87.5 Å². The van der Waals surface area contributed by atoms with E-state index < -0.39 is 19.1 Å². The molecular weight excluding hydrogens is 763 g/mol.